The van der Waals surface area contributed by atoms with Gasteiger partial charge in [0.2, 0.25) is 0 Å². The first-order valence-corrected chi connectivity index (χ1v) is 12.3. The van der Waals surface area contributed by atoms with Gasteiger partial charge in [-0.3, -0.25) is 4.79 Å². The zero-order valence-corrected chi connectivity index (χ0v) is 20.3. The second-order valence-corrected chi connectivity index (χ2v) is 10.7. The summed E-state index contributed by atoms with van der Waals surface area (Å²) in [6.07, 6.45) is 6.99. The van der Waals surface area contributed by atoms with E-state index in [1.54, 1.807) is 45.6 Å². The summed E-state index contributed by atoms with van der Waals surface area (Å²) in [6, 6.07) is 4.79. The van der Waals surface area contributed by atoms with Gasteiger partial charge in [0.1, 0.15) is 18.3 Å². The highest BCUT2D eigenvalue weighted by molar-refractivity contribution is 5.96. The van der Waals surface area contributed by atoms with Crippen molar-refractivity contribution in [2.45, 2.75) is 109 Å². The third kappa shape index (κ3) is 5.77. The summed E-state index contributed by atoms with van der Waals surface area (Å²) >= 11 is 0. The lowest BCUT2D eigenvalue weighted by molar-refractivity contribution is -0.175. The van der Waals surface area contributed by atoms with E-state index >= 15 is 0 Å². The molecule has 2 aliphatic heterocycles. The van der Waals surface area contributed by atoms with Crippen LogP contribution in [-0.2, 0) is 14.2 Å². The maximum atomic E-state index is 12.7. The van der Waals surface area contributed by atoms with Gasteiger partial charge in [0.25, 0.3) is 5.91 Å². The molecule has 5 atom stereocenters. The van der Waals surface area contributed by atoms with Crippen LogP contribution in [0.2, 0.25) is 0 Å². The van der Waals surface area contributed by atoms with E-state index in [-0.39, 0.29) is 12.5 Å². The van der Waals surface area contributed by atoms with Crippen molar-refractivity contribution in [3.63, 3.8) is 0 Å². The molecule has 33 heavy (non-hydrogen) atoms. The molecule has 2 aliphatic carbocycles. The number of amides is 1. The van der Waals surface area contributed by atoms with Gasteiger partial charge >= 0.3 is 0 Å². The van der Waals surface area contributed by atoms with Crippen LogP contribution in [0.15, 0.2) is 18.2 Å². The molecule has 3 N–H and O–H groups in total. The molecule has 1 aromatic rings. The van der Waals surface area contributed by atoms with Crippen molar-refractivity contribution in [3.8, 4) is 0 Å². The highest BCUT2D eigenvalue weighted by atomic mass is 16.8. The lowest BCUT2D eigenvalue weighted by Crippen LogP contribution is -2.52. The molecule has 184 valence electrons. The lowest BCUT2D eigenvalue weighted by Gasteiger charge is -2.26. The SMILES string of the molecule is C1CCC2(CC1)CC2.Cc1ccc(C)c(C(=O)N[C@H]2[C@@H](O)[C@@H](O)O[C@@H]2[C@H]2COC(C)(C)O2)c1. The summed E-state index contributed by atoms with van der Waals surface area (Å²) < 4.78 is 16.7. The topological polar surface area (TPSA) is 97.3 Å². The smallest absolute Gasteiger partial charge is 0.251 e. The van der Waals surface area contributed by atoms with Crippen molar-refractivity contribution >= 4 is 5.91 Å². The van der Waals surface area contributed by atoms with Crippen LogP contribution < -0.4 is 5.32 Å². The van der Waals surface area contributed by atoms with E-state index in [1.165, 1.54) is 19.3 Å². The normalized spacial score (nSPS) is 33.9. The van der Waals surface area contributed by atoms with Crippen LogP contribution >= 0.6 is 0 Å². The predicted molar refractivity (Wildman–Crippen MR) is 124 cm³/mol. The molecular weight excluding hydrogens is 422 g/mol. The van der Waals surface area contributed by atoms with Crippen LogP contribution in [0.25, 0.3) is 0 Å². The number of aryl methyl sites for hydroxylation is 2. The van der Waals surface area contributed by atoms with Gasteiger partial charge in [-0.2, -0.15) is 0 Å². The minimum atomic E-state index is -1.39. The second kappa shape index (κ2) is 9.62. The highest BCUT2D eigenvalue weighted by Gasteiger charge is 2.51. The Balaban J connectivity index is 0.000000269. The average Bonchev–Trinajstić information content (AvgIpc) is 3.33. The largest absolute Gasteiger partial charge is 0.386 e. The average molecular weight is 462 g/mol. The summed E-state index contributed by atoms with van der Waals surface area (Å²) in [5, 5.41) is 22.9. The third-order valence-corrected chi connectivity index (χ3v) is 7.51. The summed E-state index contributed by atoms with van der Waals surface area (Å²) in [5.41, 5.74) is 3.24. The highest BCUT2D eigenvalue weighted by Crippen LogP contribution is 2.55. The van der Waals surface area contributed by atoms with Crippen molar-refractivity contribution in [1.29, 1.82) is 0 Å². The first-order chi connectivity index (χ1) is 15.6. The lowest BCUT2D eigenvalue weighted by atomic mass is 9.87. The van der Waals surface area contributed by atoms with Gasteiger partial charge in [0, 0.05) is 5.56 Å². The van der Waals surface area contributed by atoms with E-state index in [2.05, 4.69) is 5.32 Å². The summed E-state index contributed by atoms with van der Waals surface area (Å²) in [5.74, 6) is -1.10. The van der Waals surface area contributed by atoms with Crippen molar-refractivity contribution in [2.24, 2.45) is 5.41 Å². The Morgan fingerprint density at radius 1 is 1.06 bits per heavy atom. The molecule has 5 rings (SSSR count). The van der Waals surface area contributed by atoms with Crippen molar-refractivity contribution < 1.29 is 29.2 Å². The summed E-state index contributed by atoms with van der Waals surface area (Å²) in [7, 11) is 0. The number of nitrogens with one attached hydrogen (secondary N) is 1. The molecule has 7 heteroatoms. The van der Waals surface area contributed by atoms with Gasteiger partial charge in [-0.1, -0.05) is 37.0 Å². The maximum absolute atomic E-state index is 12.7. The minimum Gasteiger partial charge on any atom is -0.386 e. The van der Waals surface area contributed by atoms with E-state index in [1.807, 2.05) is 26.0 Å². The number of rotatable bonds is 3. The molecule has 1 aromatic carbocycles. The van der Waals surface area contributed by atoms with E-state index in [4.69, 9.17) is 14.2 Å². The van der Waals surface area contributed by atoms with Crippen LogP contribution in [0.5, 0.6) is 0 Å². The molecule has 7 nitrogen and oxygen atoms in total. The molecular formula is C26H39NO6. The Bertz CT molecular complexity index is 843. The van der Waals surface area contributed by atoms with Gasteiger partial charge in [0.15, 0.2) is 12.1 Å². The number of carbonyl (C=O) groups excluding carboxylic acids is 1. The number of benzene rings is 1. The summed E-state index contributed by atoms with van der Waals surface area (Å²) in [4.78, 5) is 12.7. The molecule has 2 saturated heterocycles. The molecule has 1 spiro atoms. The van der Waals surface area contributed by atoms with Crippen LogP contribution in [0.4, 0.5) is 0 Å². The third-order valence-electron chi connectivity index (χ3n) is 7.51. The van der Waals surface area contributed by atoms with E-state index in [9.17, 15) is 15.0 Å². The number of carbonyl (C=O) groups is 1. The van der Waals surface area contributed by atoms with Gasteiger partial charge in [-0.05, 0) is 70.4 Å². The fraction of sp³-hybridized carbons (Fsp3) is 0.731. The van der Waals surface area contributed by atoms with Crippen LogP contribution in [0.1, 0.15) is 80.3 Å². The quantitative estimate of drug-likeness (QED) is 0.639. The van der Waals surface area contributed by atoms with E-state index in [0.717, 1.165) is 16.5 Å². The fourth-order valence-electron chi connectivity index (χ4n) is 5.25. The van der Waals surface area contributed by atoms with Gasteiger partial charge in [-0.15, -0.1) is 0 Å². The zero-order chi connectivity index (χ0) is 23.8. The number of aliphatic hydroxyl groups is 2. The zero-order valence-electron chi connectivity index (χ0n) is 20.3. The van der Waals surface area contributed by atoms with Gasteiger partial charge in [-0.25, -0.2) is 0 Å². The standard InChI is InChI=1S/C18H25NO6.C8H14/c1-9-5-6-10(2)11(7-9)16(21)19-13-14(20)17(22)24-15(13)12-8-23-18(3,4)25-12;1-2-4-8(5-3-1)6-7-8/h5-7,12-15,17,20,22H,8H2,1-4H3,(H,19,21);1-7H2/t12-,13+,14-,15-,17+;/m1./s1. The summed E-state index contributed by atoms with van der Waals surface area (Å²) in [6.45, 7) is 7.56. The molecule has 0 bridgehead atoms. The van der Waals surface area contributed by atoms with Gasteiger partial charge in [0.05, 0.1) is 12.6 Å². The Labute approximate surface area is 196 Å². The first kappa shape index (κ1) is 24.6. The van der Waals surface area contributed by atoms with Crippen molar-refractivity contribution in [2.75, 3.05) is 6.61 Å². The fourth-order valence-corrected chi connectivity index (χ4v) is 5.25. The number of hydrogen-bond donors (Lipinski definition) is 3. The van der Waals surface area contributed by atoms with Crippen LogP contribution in [0.3, 0.4) is 0 Å². The molecule has 0 aromatic heterocycles. The molecule has 0 unspecified atom stereocenters. The minimum absolute atomic E-state index is 0.257. The maximum Gasteiger partial charge on any atom is 0.251 e. The number of hydrogen-bond acceptors (Lipinski definition) is 6. The monoisotopic (exact) mass is 461 g/mol. The van der Waals surface area contributed by atoms with Crippen LogP contribution in [0, 0.1) is 19.3 Å². The molecule has 0 radical (unpaired) electrons. The molecule has 4 aliphatic rings. The molecule has 2 saturated carbocycles. The van der Waals surface area contributed by atoms with Crippen molar-refractivity contribution in [3.05, 3.63) is 34.9 Å². The molecule has 1 amide bonds. The molecule has 4 fully saturated rings. The first-order valence-electron chi connectivity index (χ1n) is 12.3. The van der Waals surface area contributed by atoms with Crippen LogP contribution in [-0.4, -0.2) is 59.2 Å². The van der Waals surface area contributed by atoms with Crippen molar-refractivity contribution in [1.82, 2.24) is 5.32 Å². The number of ether oxygens (including phenoxy) is 3. The Kier molecular flexibility index (Phi) is 7.18. The van der Waals surface area contributed by atoms with E-state index in [0.29, 0.717) is 5.56 Å². The molecule has 2 heterocycles. The van der Waals surface area contributed by atoms with Gasteiger partial charge < -0.3 is 29.7 Å². The van der Waals surface area contributed by atoms with E-state index < -0.39 is 36.4 Å². The second-order valence-electron chi connectivity index (χ2n) is 10.7. The Morgan fingerprint density at radius 3 is 2.33 bits per heavy atom. The Hall–Kier alpha value is -1.51. The number of aliphatic hydroxyl groups excluding tert-OH is 2. The predicted octanol–water partition coefficient (Wildman–Crippen LogP) is 3.36. The Morgan fingerprint density at radius 2 is 1.76 bits per heavy atom.